The summed E-state index contributed by atoms with van der Waals surface area (Å²) < 4.78 is 11.2. The van der Waals surface area contributed by atoms with Crippen LogP contribution in [0.25, 0.3) is 0 Å². The number of carboxylic acid groups (broad SMARTS) is 1. The molecule has 0 spiro atoms. The molecule has 1 aromatic heterocycles. The van der Waals surface area contributed by atoms with E-state index in [-0.39, 0.29) is 16.4 Å². The van der Waals surface area contributed by atoms with E-state index in [0.29, 0.717) is 29.7 Å². The predicted molar refractivity (Wildman–Crippen MR) is 69.2 cm³/mol. The number of carbonyl (C=O) groups excluding carboxylic acids is 1. The molecule has 8 heteroatoms. The highest BCUT2D eigenvalue weighted by molar-refractivity contribution is 7.85. The lowest BCUT2D eigenvalue weighted by Gasteiger charge is -2.25. The fraction of sp³-hybridized carbons (Fsp3) is 0.500. The van der Waals surface area contributed by atoms with Crippen molar-refractivity contribution < 1.29 is 18.9 Å². The molecule has 1 fully saturated rings. The molecule has 0 amide bonds. The monoisotopic (exact) mass is 288 g/mol. The van der Waals surface area contributed by atoms with Crippen LogP contribution in [-0.2, 0) is 10.8 Å². The van der Waals surface area contributed by atoms with Gasteiger partial charge in [-0.25, -0.2) is 9.78 Å². The van der Waals surface area contributed by atoms with Gasteiger partial charge in [-0.05, 0) is 0 Å². The molecule has 1 aromatic rings. The molecule has 1 N–H and O–H groups in total. The summed E-state index contributed by atoms with van der Waals surface area (Å²) in [6, 6.07) is 0. The number of carbonyl (C=O) groups is 2. The van der Waals surface area contributed by atoms with Gasteiger partial charge in [0.05, 0.1) is 0 Å². The second-order valence-electron chi connectivity index (χ2n) is 3.87. The van der Waals surface area contributed by atoms with Gasteiger partial charge in [-0.1, -0.05) is 11.3 Å². The zero-order chi connectivity index (χ0) is 13.3. The largest absolute Gasteiger partial charge is 0.476 e. The molecule has 1 saturated heterocycles. The third-order valence-electron chi connectivity index (χ3n) is 2.59. The van der Waals surface area contributed by atoms with Crippen LogP contribution in [0.5, 0.6) is 0 Å². The van der Waals surface area contributed by atoms with Crippen LogP contribution < -0.4 is 4.90 Å². The Kier molecular flexibility index (Phi) is 3.76. The number of anilines is 1. The van der Waals surface area contributed by atoms with Crippen LogP contribution in [0.1, 0.15) is 27.1 Å². The fourth-order valence-electron chi connectivity index (χ4n) is 1.66. The summed E-state index contributed by atoms with van der Waals surface area (Å²) in [5, 5.41) is 9.52. The topological polar surface area (TPSA) is 87.6 Å². The molecule has 0 saturated carbocycles. The first-order valence-corrected chi connectivity index (χ1v) is 7.64. The second kappa shape index (κ2) is 5.15. The van der Waals surface area contributed by atoms with E-state index < -0.39 is 16.8 Å². The van der Waals surface area contributed by atoms with Crippen molar-refractivity contribution in [2.24, 2.45) is 0 Å². The lowest BCUT2D eigenvalue weighted by atomic mass is 10.3. The molecule has 1 aliphatic heterocycles. The average Bonchev–Trinajstić information content (AvgIpc) is 2.75. The molecule has 18 heavy (non-hydrogen) atoms. The molecule has 1 aliphatic rings. The Balaban J connectivity index is 2.29. The van der Waals surface area contributed by atoms with Gasteiger partial charge in [-0.3, -0.25) is 9.00 Å². The molecule has 98 valence electrons. The van der Waals surface area contributed by atoms with E-state index in [1.807, 2.05) is 4.90 Å². The lowest BCUT2D eigenvalue weighted by molar-refractivity contribution is 0.0687. The standard InChI is InChI=1S/C10H12N2O4S2/c1-6(13)8-7(9(14)15)11-10(17-8)12-2-4-18(16)5-3-12/h2-5H2,1H3,(H,14,15). The summed E-state index contributed by atoms with van der Waals surface area (Å²) in [6.07, 6.45) is 0. The predicted octanol–water partition coefficient (Wildman–Crippen LogP) is 0.613. The van der Waals surface area contributed by atoms with Gasteiger partial charge < -0.3 is 10.0 Å². The zero-order valence-corrected chi connectivity index (χ0v) is 11.3. The van der Waals surface area contributed by atoms with Gasteiger partial charge in [0, 0.05) is 42.3 Å². The van der Waals surface area contributed by atoms with E-state index >= 15 is 0 Å². The van der Waals surface area contributed by atoms with Gasteiger partial charge in [0.25, 0.3) is 0 Å². The van der Waals surface area contributed by atoms with Crippen molar-refractivity contribution in [1.29, 1.82) is 0 Å². The molecule has 0 aromatic carbocycles. The maximum absolute atomic E-state index is 11.4. The number of ketones is 1. The van der Waals surface area contributed by atoms with Crippen molar-refractivity contribution >= 4 is 39.0 Å². The quantitative estimate of drug-likeness (QED) is 0.820. The Bertz CT molecular complexity index is 484. The maximum Gasteiger partial charge on any atom is 0.356 e. The van der Waals surface area contributed by atoms with Crippen molar-refractivity contribution in [1.82, 2.24) is 4.98 Å². The normalized spacial score (nSPS) is 16.8. The molecule has 0 unspecified atom stereocenters. The summed E-state index contributed by atoms with van der Waals surface area (Å²) in [4.78, 5) is 28.4. The van der Waals surface area contributed by atoms with E-state index in [4.69, 9.17) is 5.11 Å². The summed E-state index contributed by atoms with van der Waals surface area (Å²) in [6.45, 7) is 2.49. The van der Waals surface area contributed by atoms with Crippen LogP contribution in [-0.4, -0.2) is 50.6 Å². The smallest absolute Gasteiger partial charge is 0.356 e. The van der Waals surface area contributed by atoms with Gasteiger partial charge >= 0.3 is 5.97 Å². The highest BCUT2D eigenvalue weighted by atomic mass is 32.2. The van der Waals surface area contributed by atoms with Gasteiger partial charge in [0.2, 0.25) is 0 Å². The van der Waals surface area contributed by atoms with Gasteiger partial charge in [-0.2, -0.15) is 0 Å². The molecule has 6 nitrogen and oxygen atoms in total. The Morgan fingerprint density at radius 1 is 1.39 bits per heavy atom. The number of aromatic carboxylic acids is 1. The summed E-state index contributed by atoms with van der Waals surface area (Å²) in [5.41, 5.74) is -0.186. The van der Waals surface area contributed by atoms with Crippen LogP contribution in [0, 0.1) is 0 Å². The number of nitrogens with zero attached hydrogens (tertiary/aromatic N) is 2. The molecular weight excluding hydrogens is 276 g/mol. The number of carboxylic acids is 1. The van der Waals surface area contributed by atoms with Crippen LogP contribution >= 0.6 is 11.3 Å². The number of Topliss-reactive ketones (excluding diaryl/α,β-unsaturated/α-hetero) is 1. The Morgan fingerprint density at radius 2 is 2.00 bits per heavy atom. The Labute approximate surface area is 110 Å². The van der Waals surface area contributed by atoms with Crippen molar-refractivity contribution in [3.05, 3.63) is 10.6 Å². The minimum atomic E-state index is -1.19. The Morgan fingerprint density at radius 3 is 2.44 bits per heavy atom. The Hall–Kier alpha value is -1.28. The first kappa shape index (κ1) is 13.2. The van der Waals surface area contributed by atoms with E-state index in [0.717, 1.165) is 11.3 Å². The van der Waals surface area contributed by atoms with Gasteiger partial charge in [0.15, 0.2) is 16.6 Å². The molecule has 0 atom stereocenters. The van der Waals surface area contributed by atoms with Crippen LogP contribution in [0.15, 0.2) is 0 Å². The van der Waals surface area contributed by atoms with E-state index in [1.54, 1.807) is 0 Å². The van der Waals surface area contributed by atoms with Crippen molar-refractivity contribution in [3.63, 3.8) is 0 Å². The molecule has 0 radical (unpaired) electrons. The van der Waals surface area contributed by atoms with Crippen LogP contribution in [0.2, 0.25) is 0 Å². The summed E-state index contributed by atoms with van der Waals surface area (Å²) >= 11 is 1.09. The van der Waals surface area contributed by atoms with E-state index in [1.165, 1.54) is 6.92 Å². The summed E-state index contributed by atoms with van der Waals surface area (Å²) in [5.74, 6) is -0.380. The number of hydrogen-bond acceptors (Lipinski definition) is 6. The zero-order valence-electron chi connectivity index (χ0n) is 9.71. The molecular formula is C10H12N2O4S2. The highest BCUT2D eigenvalue weighted by Gasteiger charge is 2.25. The van der Waals surface area contributed by atoms with Gasteiger partial charge in [0.1, 0.15) is 4.88 Å². The van der Waals surface area contributed by atoms with Crippen molar-refractivity contribution in [2.75, 3.05) is 29.5 Å². The SMILES string of the molecule is CC(=O)c1sc(N2CCS(=O)CC2)nc1C(=O)O. The van der Waals surface area contributed by atoms with Crippen molar-refractivity contribution in [3.8, 4) is 0 Å². The number of hydrogen-bond donors (Lipinski definition) is 1. The number of aromatic nitrogens is 1. The number of rotatable bonds is 3. The maximum atomic E-state index is 11.4. The minimum Gasteiger partial charge on any atom is -0.476 e. The fourth-order valence-corrected chi connectivity index (χ4v) is 3.71. The first-order chi connectivity index (χ1) is 8.49. The van der Waals surface area contributed by atoms with Gasteiger partial charge in [-0.15, -0.1) is 0 Å². The van der Waals surface area contributed by atoms with Crippen LogP contribution in [0.3, 0.4) is 0 Å². The molecule has 0 aliphatic carbocycles. The van der Waals surface area contributed by atoms with E-state index in [9.17, 15) is 13.8 Å². The number of thiazole rings is 1. The average molecular weight is 288 g/mol. The molecule has 2 rings (SSSR count). The lowest BCUT2D eigenvalue weighted by Crippen LogP contribution is -2.37. The highest BCUT2D eigenvalue weighted by Crippen LogP contribution is 2.27. The summed E-state index contributed by atoms with van der Waals surface area (Å²) in [7, 11) is -0.799. The van der Waals surface area contributed by atoms with Crippen molar-refractivity contribution in [2.45, 2.75) is 6.92 Å². The molecule has 2 heterocycles. The molecule has 0 bridgehead atoms. The van der Waals surface area contributed by atoms with Crippen LogP contribution in [0.4, 0.5) is 5.13 Å². The first-order valence-electron chi connectivity index (χ1n) is 5.34. The van der Waals surface area contributed by atoms with E-state index in [2.05, 4.69) is 4.98 Å². The third-order valence-corrected chi connectivity index (χ3v) is 5.08. The third kappa shape index (κ3) is 2.59. The minimum absolute atomic E-state index is 0.171. The second-order valence-corrected chi connectivity index (χ2v) is 6.54.